The molecule has 0 aromatic heterocycles. The van der Waals surface area contributed by atoms with Gasteiger partial charge in [0.05, 0.1) is 11.9 Å². The van der Waals surface area contributed by atoms with Crippen LogP contribution in [0.2, 0.25) is 0 Å². The number of carbonyl (C=O) groups is 1. The summed E-state index contributed by atoms with van der Waals surface area (Å²) in [4.78, 5) is 16.6. The van der Waals surface area contributed by atoms with Gasteiger partial charge < -0.3 is 0 Å². The monoisotopic (exact) mass is 296 g/mol. The van der Waals surface area contributed by atoms with Crippen LogP contribution in [-0.2, 0) is 14.8 Å². The Morgan fingerprint density at radius 2 is 1.65 bits per heavy atom. The maximum absolute atomic E-state index is 12.4. The Hall–Kier alpha value is -1.69. The number of hydrogen-bond donors (Lipinski definition) is 0. The molecule has 0 saturated heterocycles. The first-order valence-corrected chi connectivity index (χ1v) is 8.01. The van der Waals surface area contributed by atoms with Gasteiger partial charge in [0.1, 0.15) is 0 Å². The number of para-hydroxylation sites is 1. The molecule has 1 aromatic rings. The van der Waals surface area contributed by atoms with E-state index < -0.39 is 15.4 Å². The van der Waals surface area contributed by atoms with E-state index in [0.717, 1.165) is 10.6 Å². The van der Waals surface area contributed by atoms with Crippen LogP contribution in [0.3, 0.4) is 0 Å². The second-order valence-corrected chi connectivity index (χ2v) is 7.59. The van der Waals surface area contributed by atoms with E-state index in [9.17, 15) is 13.2 Å². The summed E-state index contributed by atoms with van der Waals surface area (Å²) >= 11 is 0. The molecule has 0 aliphatic carbocycles. The molecular formula is C14H20N2O3S. The average molecular weight is 296 g/mol. The zero-order chi connectivity index (χ0) is 15.6. The zero-order valence-corrected chi connectivity index (χ0v) is 13.2. The summed E-state index contributed by atoms with van der Waals surface area (Å²) in [6.45, 7) is 5.18. The van der Waals surface area contributed by atoms with Crippen LogP contribution in [0.15, 0.2) is 35.3 Å². The Morgan fingerprint density at radius 1 is 1.15 bits per heavy atom. The number of benzene rings is 1. The highest BCUT2D eigenvalue weighted by Gasteiger charge is 2.31. The van der Waals surface area contributed by atoms with Crippen LogP contribution in [0.25, 0.3) is 0 Å². The lowest BCUT2D eigenvalue weighted by atomic mass is 9.90. The van der Waals surface area contributed by atoms with Crippen LogP contribution in [0.5, 0.6) is 0 Å². The molecule has 1 aromatic carbocycles. The normalized spacial score (nSPS) is 13.2. The fourth-order valence-electron chi connectivity index (χ4n) is 1.38. The molecule has 0 aliphatic rings. The van der Waals surface area contributed by atoms with Crippen molar-refractivity contribution in [3.05, 3.63) is 30.3 Å². The van der Waals surface area contributed by atoms with Crippen LogP contribution in [0, 0.1) is 5.41 Å². The third kappa shape index (κ3) is 4.16. The Balaban J connectivity index is 3.37. The molecule has 20 heavy (non-hydrogen) atoms. The first-order valence-electron chi connectivity index (χ1n) is 6.16. The number of nitrogens with zero attached hydrogens (tertiary/aromatic N) is 2. The minimum Gasteiger partial charge on any atom is -0.290 e. The summed E-state index contributed by atoms with van der Waals surface area (Å²) in [6, 6.07) is 8.81. The van der Waals surface area contributed by atoms with E-state index in [1.54, 1.807) is 45.0 Å². The van der Waals surface area contributed by atoms with E-state index in [-0.39, 0.29) is 11.6 Å². The lowest BCUT2D eigenvalue weighted by Gasteiger charge is -2.24. The second kappa shape index (κ2) is 5.75. The van der Waals surface area contributed by atoms with Crippen molar-refractivity contribution in [2.75, 3.05) is 13.3 Å². The number of sulfonamides is 1. The third-order valence-corrected chi connectivity index (χ3v) is 3.84. The summed E-state index contributed by atoms with van der Waals surface area (Å²) < 4.78 is 24.3. The van der Waals surface area contributed by atoms with E-state index >= 15 is 0 Å². The highest BCUT2D eigenvalue weighted by Crippen LogP contribution is 2.20. The van der Waals surface area contributed by atoms with Crippen LogP contribution < -0.4 is 0 Å². The van der Waals surface area contributed by atoms with Crippen LogP contribution >= 0.6 is 0 Å². The molecule has 0 bridgehead atoms. The number of likely N-dealkylation sites (N-methyl/N-ethyl adjacent to an activating group) is 1. The largest absolute Gasteiger partial charge is 0.290 e. The molecule has 0 aliphatic heterocycles. The van der Waals surface area contributed by atoms with E-state index in [4.69, 9.17) is 0 Å². The van der Waals surface area contributed by atoms with Gasteiger partial charge in [0, 0.05) is 12.5 Å². The molecular weight excluding hydrogens is 276 g/mol. The topological polar surface area (TPSA) is 66.8 Å². The molecule has 0 fully saturated rings. The SMILES string of the molecule is CN(C(=Nc1ccccc1)C(=O)C(C)(C)C)S(C)(=O)=O. The van der Waals surface area contributed by atoms with Gasteiger partial charge in [-0.3, -0.25) is 9.10 Å². The predicted molar refractivity (Wildman–Crippen MR) is 80.6 cm³/mol. The lowest BCUT2D eigenvalue weighted by molar-refractivity contribution is -0.120. The fourth-order valence-corrected chi connectivity index (χ4v) is 1.82. The van der Waals surface area contributed by atoms with Crippen LogP contribution in [0.4, 0.5) is 5.69 Å². The van der Waals surface area contributed by atoms with Gasteiger partial charge in [0.25, 0.3) is 0 Å². The molecule has 1 rings (SSSR count). The van der Waals surface area contributed by atoms with Crippen molar-refractivity contribution in [1.29, 1.82) is 0 Å². The second-order valence-electron chi connectivity index (χ2n) is 5.58. The molecule has 0 N–H and O–H groups in total. The van der Waals surface area contributed by atoms with Gasteiger partial charge in [0.2, 0.25) is 15.8 Å². The number of aliphatic imine (C=N–C) groups is 1. The Labute approximate surface area is 120 Å². The smallest absolute Gasteiger partial charge is 0.233 e. The minimum absolute atomic E-state index is 0.0776. The van der Waals surface area contributed by atoms with E-state index in [1.807, 2.05) is 6.07 Å². The van der Waals surface area contributed by atoms with Crippen molar-refractivity contribution >= 4 is 27.3 Å². The van der Waals surface area contributed by atoms with Gasteiger partial charge in [-0.1, -0.05) is 39.0 Å². The van der Waals surface area contributed by atoms with Gasteiger partial charge in [-0.05, 0) is 12.1 Å². The predicted octanol–water partition coefficient (Wildman–Crippen LogP) is 2.22. The van der Waals surface area contributed by atoms with Crippen molar-refractivity contribution < 1.29 is 13.2 Å². The van der Waals surface area contributed by atoms with Gasteiger partial charge in [-0.2, -0.15) is 0 Å². The molecule has 110 valence electrons. The quantitative estimate of drug-likeness (QED) is 0.634. The molecule has 0 amide bonds. The summed E-state index contributed by atoms with van der Waals surface area (Å²) in [5.41, 5.74) is -0.178. The molecule has 0 heterocycles. The Kier molecular flexibility index (Phi) is 4.70. The number of Topliss-reactive ketones (excluding diaryl/α,β-unsaturated/α-hetero) is 1. The van der Waals surface area contributed by atoms with Gasteiger partial charge in [-0.15, -0.1) is 0 Å². The highest BCUT2D eigenvalue weighted by molar-refractivity contribution is 7.89. The number of hydrogen-bond acceptors (Lipinski definition) is 4. The fraction of sp³-hybridized carbons (Fsp3) is 0.429. The highest BCUT2D eigenvalue weighted by atomic mass is 32.2. The molecule has 0 spiro atoms. The first kappa shape index (κ1) is 16.4. The summed E-state index contributed by atoms with van der Waals surface area (Å²) in [7, 11) is -2.21. The van der Waals surface area contributed by atoms with Crippen molar-refractivity contribution in [3.63, 3.8) is 0 Å². The third-order valence-electron chi connectivity index (χ3n) is 2.67. The number of ketones is 1. The van der Waals surface area contributed by atoms with Crippen molar-refractivity contribution in [1.82, 2.24) is 4.31 Å². The van der Waals surface area contributed by atoms with Crippen LogP contribution in [0.1, 0.15) is 20.8 Å². The number of carbonyl (C=O) groups excluding carboxylic acids is 1. The lowest BCUT2D eigenvalue weighted by Crippen LogP contribution is -2.42. The maximum atomic E-state index is 12.4. The van der Waals surface area contributed by atoms with E-state index in [1.165, 1.54) is 7.05 Å². The Morgan fingerprint density at radius 3 is 2.05 bits per heavy atom. The molecule has 6 heteroatoms. The molecule has 0 radical (unpaired) electrons. The summed E-state index contributed by atoms with van der Waals surface area (Å²) in [5.74, 6) is -0.402. The molecule has 0 atom stereocenters. The van der Waals surface area contributed by atoms with Gasteiger partial charge in [-0.25, -0.2) is 13.4 Å². The molecule has 0 unspecified atom stereocenters. The van der Waals surface area contributed by atoms with E-state index in [2.05, 4.69) is 4.99 Å². The Bertz CT molecular complexity index is 614. The molecule has 5 nitrogen and oxygen atoms in total. The summed E-state index contributed by atoms with van der Waals surface area (Å²) in [5, 5.41) is 0. The number of rotatable bonds is 3. The zero-order valence-electron chi connectivity index (χ0n) is 12.4. The minimum atomic E-state index is -3.55. The van der Waals surface area contributed by atoms with Crippen molar-refractivity contribution in [3.8, 4) is 0 Å². The molecule has 0 saturated carbocycles. The standard InChI is InChI=1S/C14H20N2O3S/c1-14(2,3)12(17)13(16(4)20(5,18)19)15-11-9-7-6-8-10-11/h6-10H,1-5H3. The van der Waals surface area contributed by atoms with Gasteiger partial charge >= 0.3 is 0 Å². The summed E-state index contributed by atoms with van der Waals surface area (Å²) in [6.07, 6.45) is 1.05. The van der Waals surface area contributed by atoms with E-state index in [0.29, 0.717) is 5.69 Å². The van der Waals surface area contributed by atoms with Gasteiger partial charge in [0.15, 0.2) is 5.84 Å². The maximum Gasteiger partial charge on any atom is 0.233 e. The van der Waals surface area contributed by atoms with Crippen LogP contribution in [-0.4, -0.2) is 37.6 Å². The first-order chi connectivity index (χ1) is 9.03. The van der Waals surface area contributed by atoms with Crippen molar-refractivity contribution in [2.24, 2.45) is 10.4 Å². The number of amidine groups is 1. The average Bonchev–Trinajstić information content (AvgIpc) is 2.33. The van der Waals surface area contributed by atoms with Crippen molar-refractivity contribution in [2.45, 2.75) is 20.8 Å².